The maximum Gasteiger partial charge on any atom is 0.271 e. The van der Waals surface area contributed by atoms with Crippen molar-refractivity contribution in [3.63, 3.8) is 0 Å². The van der Waals surface area contributed by atoms with Gasteiger partial charge < -0.3 is 9.47 Å². The molecule has 3 aromatic rings. The van der Waals surface area contributed by atoms with Crippen LogP contribution in [0.1, 0.15) is 65.4 Å². The Balaban J connectivity index is 1.69. The first-order chi connectivity index (χ1) is 20.8. The van der Waals surface area contributed by atoms with Crippen LogP contribution in [0.25, 0.3) is 23.0 Å². The van der Waals surface area contributed by atoms with Crippen molar-refractivity contribution in [2.75, 3.05) is 19.8 Å². The molecule has 43 heavy (non-hydrogen) atoms. The molecule has 1 aliphatic heterocycles. The topological polar surface area (TPSA) is 97.4 Å². The maximum absolute atomic E-state index is 13.7. The van der Waals surface area contributed by atoms with Crippen LogP contribution in [0.15, 0.2) is 77.5 Å². The summed E-state index contributed by atoms with van der Waals surface area (Å²) in [5, 5.41) is 14.7. The zero-order valence-corrected chi connectivity index (χ0v) is 25.5. The molecular weight excluding hydrogens is 540 g/mol. The SMILES string of the molecule is CCCCCCOc1ccc(-c2nn(-c3ccccc3)cc2/C=C2/C(=O)N(CCCOC(C)C)C(=O)C(C#N)=C2C)cc1. The minimum absolute atomic E-state index is 0.0342. The van der Waals surface area contributed by atoms with E-state index in [1.54, 1.807) is 17.7 Å². The van der Waals surface area contributed by atoms with Gasteiger partial charge in [0.05, 0.1) is 24.1 Å². The molecule has 8 nitrogen and oxygen atoms in total. The monoisotopic (exact) mass is 580 g/mol. The summed E-state index contributed by atoms with van der Waals surface area (Å²) in [4.78, 5) is 27.9. The standard InChI is InChI=1S/C35H40N4O4/c1-5-6-7-11-20-43-30-17-15-27(16-18-30)33-28(24-39(37-33)29-13-9-8-10-14-29)22-31-26(4)32(23-36)35(41)38(34(31)40)19-12-21-42-25(2)3/h8-10,13-18,22,24-25H,5-7,11-12,19-21H2,1-4H3/b31-22+. The lowest BCUT2D eigenvalue weighted by atomic mass is 9.93. The maximum atomic E-state index is 13.7. The van der Waals surface area contributed by atoms with Crippen LogP contribution in [0.3, 0.4) is 0 Å². The molecule has 0 aliphatic carbocycles. The Morgan fingerprint density at radius 2 is 1.70 bits per heavy atom. The second kappa shape index (κ2) is 15.1. The number of amides is 2. The molecular formula is C35H40N4O4. The van der Waals surface area contributed by atoms with Gasteiger partial charge in [-0.3, -0.25) is 14.5 Å². The van der Waals surface area contributed by atoms with E-state index in [9.17, 15) is 14.9 Å². The molecule has 0 atom stereocenters. The molecule has 0 saturated heterocycles. The highest BCUT2D eigenvalue weighted by Crippen LogP contribution is 2.32. The summed E-state index contributed by atoms with van der Waals surface area (Å²) < 4.78 is 13.3. The average molecular weight is 581 g/mol. The van der Waals surface area contributed by atoms with Crippen molar-refractivity contribution in [1.82, 2.24) is 14.7 Å². The van der Waals surface area contributed by atoms with E-state index >= 15 is 0 Å². The van der Waals surface area contributed by atoms with Gasteiger partial charge in [-0.15, -0.1) is 0 Å². The molecule has 0 N–H and O–H groups in total. The minimum Gasteiger partial charge on any atom is -0.494 e. The van der Waals surface area contributed by atoms with Crippen LogP contribution in [-0.2, 0) is 14.3 Å². The molecule has 2 amide bonds. The lowest BCUT2D eigenvalue weighted by molar-refractivity contribution is -0.140. The Labute approximate surface area is 254 Å². The van der Waals surface area contributed by atoms with Crippen molar-refractivity contribution in [2.24, 2.45) is 0 Å². The van der Waals surface area contributed by atoms with Gasteiger partial charge in [0.25, 0.3) is 11.8 Å². The summed E-state index contributed by atoms with van der Waals surface area (Å²) in [5.41, 5.74) is 3.69. The molecule has 0 bridgehead atoms. The molecule has 224 valence electrons. The van der Waals surface area contributed by atoms with Crippen molar-refractivity contribution in [2.45, 2.75) is 65.9 Å². The average Bonchev–Trinajstić information content (AvgIpc) is 3.43. The number of carbonyl (C=O) groups is 2. The van der Waals surface area contributed by atoms with Gasteiger partial charge in [-0.05, 0) is 81.7 Å². The van der Waals surface area contributed by atoms with Crippen molar-refractivity contribution < 1.29 is 19.1 Å². The summed E-state index contributed by atoms with van der Waals surface area (Å²) in [6, 6.07) is 19.5. The molecule has 0 saturated carbocycles. The first-order valence-corrected chi connectivity index (χ1v) is 15.0. The highest BCUT2D eigenvalue weighted by atomic mass is 16.5. The van der Waals surface area contributed by atoms with E-state index in [-0.39, 0.29) is 18.2 Å². The normalized spacial score (nSPS) is 14.6. The van der Waals surface area contributed by atoms with Gasteiger partial charge in [-0.1, -0.05) is 44.4 Å². The first kappa shape index (κ1) is 31.5. The van der Waals surface area contributed by atoms with E-state index in [0.717, 1.165) is 34.7 Å². The van der Waals surface area contributed by atoms with Gasteiger partial charge in [0, 0.05) is 36.0 Å². The van der Waals surface area contributed by atoms with Crippen molar-refractivity contribution >= 4 is 17.9 Å². The van der Waals surface area contributed by atoms with E-state index in [0.29, 0.717) is 42.0 Å². The summed E-state index contributed by atoms with van der Waals surface area (Å²) >= 11 is 0. The highest BCUT2D eigenvalue weighted by molar-refractivity contribution is 6.19. The number of benzene rings is 2. The molecule has 1 aliphatic rings. The highest BCUT2D eigenvalue weighted by Gasteiger charge is 2.35. The van der Waals surface area contributed by atoms with E-state index in [4.69, 9.17) is 14.6 Å². The number of nitriles is 1. The van der Waals surface area contributed by atoms with Crippen molar-refractivity contribution in [3.05, 3.63) is 83.1 Å². The van der Waals surface area contributed by atoms with Gasteiger partial charge in [0.2, 0.25) is 0 Å². The predicted octanol–water partition coefficient (Wildman–Crippen LogP) is 6.91. The van der Waals surface area contributed by atoms with Crippen LogP contribution in [0.4, 0.5) is 0 Å². The van der Waals surface area contributed by atoms with Crippen molar-refractivity contribution in [1.29, 1.82) is 5.26 Å². The second-order valence-electron chi connectivity index (χ2n) is 10.9. The zero-order chi connectivity index (χ0) is 30.8. The molecule has 0 spiro atoms. The van der Waals surface area contributed by atoms with E-state index < -0.39 is 11.8 Å². The summed E-state index contributed by atoms with van der Waals surface area (Å²) in [5.74, 6) is -0.216. The number of aromatic nitrogens is 2. The first-order valence-electron chi connectivity index (χ1n) is 15.0. The lowest BCUT2D eigenvalue weighted by Gasteiger charge is -2.27. The Morgan fingerprint density at radius 1 is 0.953 bits per heavy atom. The number of nitrogens with zero attached hydrogens (tertiary/aromatic N) is 4. The number of imide groups is 1. The van der Waals surface area contributed by atoms with Gasteiger partial charge in [-0.25, -0.2) is 4.68 Å². The molecule has 8 heteroatoms. The number of ether oxygens (including phenoxy) is 2. The number of carbonyl (C=O) groups excluding carboxylic acids is 2. The number of hydrogen-bond donors (Lipinski definition) is 0. The quantitative estimate of drug-likeness (QED) is 0.117. The third-order valence-electron chi connectivity index (χ3n) is 7.26. The van der Waals surface area contributed by atoms with Crippen LogP contribution in [-0.4, -0.2) is 52.4 Å². The van der Waals surface area contributed by atoms with E-state index in [1.165, 1.54) is 12.8 Å². The molecule has 2 aromatic carbocycles. The van der Waals surface area contributed by atoms with Crippen LogP contribution in [0, 0.1) is 11.3 Å². The fraction of sp³-hybridized carbons (Fsp3) is 0.371. The molecule has 2 heterocycles. The van der Waals surface area contributed by atoms with Crippen LogP contribution in [0.5, 0.6) is 5.75 Å². The minimum atomic E-state index is -0.572. The Kier molecular flexibility index (Phi) is 11.1. The van der Waals surface area contributed by atoms with Gasteiger partial charge in [-0.2, -0.15) is 10.4 Å². The van der Waals surface area contributed by atoms with E-state index in [2.05, 4.69) is 6.92 Å². The summed E-state index contributed by atoms with van der Waals surface area (Å²) in [6.07, 6.45) is 8.68. The summed E-state index contributed by atoms with van der Waals surface area (Å²) in [7, 11) is 0. The predicted molar refractivity (Wildman–Crippen MR) is 167 cm³/mol. The Hall–Kier alpha value is -4.48. The second-order valence-corrected chi connectivity index (χ2v) is 10.9. The number of hydrogen-bond acceptors (Lipinski definition) is 6. The van der Waals surface area contributed by atoms with Gasteiger partial charge >= 0.3 is 0 Å². The molecule has 0 unspecified atom stereocenters. The Morgan fingerprint density at radius 3 is 2.37 bits per heavy atom. The summed E-state index contributed by atoms with van der Waals surface area (Å²) in [6.45, 7) is 8.94. The third kappa shape index (κ3) is 7.88. The van der Waals surface area contributed by atoms with E-state index in [1.807, 2.05) is 80.7 Å². The number of unbranched alkanes of at least 4 members (excludes halogenated alkanes) is 3. The fourth-order valence-corrected chi connectivity index (χ4v) is 4.89. The number of rotatable bonds is 14. The molecule has 0 radical (unpaired) electrons. The van der Waals surface area contributed by atoms with Gasteiger partial charge in [0.1, 0.15) is 17.4 Å². The lowest BCUT2D eigenvalue weighted by Crippen LogP contribution is -2.43. The zero-order valence-electron chi connectivity index (χ0n) is 25.5. The van der Waals surface area contributed by atoms with Crippen LogP contribution >= 0.6 is 0 Å². The smallest absolute Gasteiger partial charge is 0.271 e. The van der Waals surface area contributed by atoms with Crippen LogP contribution < -0.4 is 4.74 Å². The molecule has 1 aromatic heterocycles. The molecule has 0 fully saturated rings. The van der Waals surface area contributed by atoms with Gasteiger partial charge in [0.15, 0.2) is 0 Å². The Bertz CT molecular complexity index is 1510. The molecule has 4 rings (SSSR count). The largest absolute Gasteiger partial charge is 0.494 e. The fourth-order valence-electron chi connectivity index (χ4n) is 4.89. The third-order valence-corrected chi connectivity index (χ3v) is 7.26. The van der Waals surface area contributed by atoms with Crippen molar-refractivity contribution in [3.8, 4) is 28.8 Å². The number of para-hydroxylation sites is 1. The van der Waals surface area contributed by atoms with Crippen LogP contribution in [0.2, 0.25) is 0 Å².